The molecule has 1 aliphatic carbocycles. The van der Waals surface area contributed by atoms with Crippen molar-refractivity contribution in [2.24, 2.45) is 16.7 Å². The standard InChI is InChI=1S/C20H24N2O4/c1-12(23)13-5-7-14(8-6-13)21-16(24)11-22-17(25)15-9-10-20(4,18(22)26)19(15,2)3/h5-8,15H,9-11H2,1-4H3,(H,21,24). The van der Waals surface area contributed by atoms with Crippen molar-refractivity contribution in [3.8, 4) is 0 Å². The molecule has 1 aromatic rings. The van der Waals surface area contributed by atoms with Gasteiger partial charge in [0.2, 0.25) is 17.7 Å². The zero-order valence-corrected chi connectivity index (χ0v) is 15.6. The number of imide groups is 1. The van der Waals surface area contributed by atoms with Crippen molar-refractivity contribution in [1.29, 1.82) is 0 Å². The lowest BCUT2D eigenvalue weighted by Gasteiger charge is -2.47. The Kier molecular flexibility index (Phi) is 4.25. The minimum absolute atomic E-state index is 0.0567. The molecule has 1 N–H and O–H groups in total. The lowest BCUT2D eigenvalue weighted by Crippen LogP contribution is -2.60. The number of nitrogens with one attached hydrogen (secondary N) is 1. The first kappa shape index (κ1) is 18.3. The predicted octanol–water partition coefficient (Wildman–Crippen LogP) is 2.64. The van der Waals surface area contributed by atoms with Gasteiger partial charge in [0, 0.05) is 17.2 Å². The fraction of sp³-hybridized carbons (Fsp3) is 0.500. The third-order valence-corrected chi connectivity index (χ3v) is 6.38. The number of benzene rings is 1. The first-order chi connectivity index (χ1) is 12.1. The Bertz CT molecular complexity index is 797. The van der Waals surface area contributed by atoms with E-state index in [0.717, 1.165) is 4.90 Å². The fourth-order valence-electron chi connectivity index (χ4n) is 4.18. The van der Waals surface area contributed by atoms with Crippen LogP contribution in [0.3, 0.4) is 0 Å². The van der Waals surface area contributed by atoms with Crippen molar-refractivity contribution in [3.63, 3.8) is 0 Å². The van der Waals surface area contributed by atoms with Gasteiger partial charge in [-0.2, -0.15) is 0 Å². The van der Waals surface area contributed by atoms with Crippen LogP contribution in [0.4, 0.5) is 5.69 Å². The topological polar surface area (TPSA) is 83.6 Å². The van der Waals surface area contributed by atoms with Crippen LogP contribution < -0.4 is 5.32 Å². The number of anilines is 1. The van der Waals surface area contributed by atoms with Gasteiger partial charge >= 0.3 is 0 Å². The van der Waals surface area contributed by atoms with Crippen LogP contribution in [0.1, 0.15) is 50.9 Å². The third kappa shape index (κ3) is 2.64. The van der Waals surface area contributed by atoms with Crippen LogP contribution in [0.5, 0.6) is 0 Å². The second-order valence-electron chi connectivity index (χ2n) is 8.06. The molecule has 138 valence electrons. The molecule has 1 aliphatic heterocycles. The molecule has 2 bridgehead atoms. The minimum Gasteiger partial charge on any atom is -0.325 e. The number of hydrogen-bond donors (Lipinski definition) is 1. The Morgan fingerprint density at radius 1 is 1.15 bits per heavy atom. The van der Waals surface area contributed by atoms with E-state index in [1.807, 2.05) is 20.8 Å². The number of Topliss-reactive ketones (excluding diaryl/α,β-unsaturated/α-hetero) is 1. The Hall–Kier alpha value is -2.50. The molecule has 3 amide bonds. The number of hydrogen-bond acceptors (Lipinski definition) is 4. The predicted molar refractivity (Wildman–Crippen MR) is 96.4 cm³/mol. The molecule has 3 rings (SSSR count). The lowest BCUT2D eigenvalue weighted by atomic mass is 9.62. The van der Waals surface area contributed by atoms with Crippen molar-refractivity contribution in [1.82, 2.24) is 4.90 Å². The van der Waals surface area contributed by atoms with E-state index in [-0.39, 0.29) is 30.1 Å². The molecule has 2 fully saturated rings. The second-order valence-corrected chi connectivity index (χ2v) is 8.06. The summed E-state index contributed by atoms with van der Waals surface area (Å²) >= 11 is 0. The van der Waals surface area contributed by atoms with Crippen molar-refractivity contribution in [2.75, 3.05) is 11.9 Å². The van der Waals surface area contributed by atoms with Crippen molar-refractivity contribution in [3.05, 3.63) is 29.8 Å². The summed E-state index contributed by atoms with van der Waals surface area (Å²) < 4.78 is 0. The molecule has 0 spiro atoms. The number of fused-ring (bicyclic) bond motifs is 2. The number of amides is 3. The molecule has 1 heterocycles. The maximum absolute atomic E-state index is 12.9. The maximum atomic E-state index is 12.9. The summed E-state index contributed by atoms with van der Waals surface area (Å²) in [7, 11) is 0. The number of nitrogens with zero attached hydrogens (tertiary/aromatic N) is 1. The number of rotatable bonds is 4. The number of ketones is 1. The number of carbonyl (C=O) groups is 4. The highest BCUT2D eigenvalue weighted by molar-refractivity contribution is 6.07. The molecule has 1 saturated heterocycles. The van der Waals surface area contributed by atoms with E-state index in [4.69, 9.17) is 0 Å². The van der Waals surface area contributed by atoms with Gasteiger partial charge in [-0.1, -0.05) is 20.8 Å². The van der Waals surface area contributed by atoms with Crippen LogP contribution in [0.25, 0.3) is 0 Å². The van der Waals surface area contributed by atoms with Gasteiger partial charge in [0.1, 0.15) is 6.54 Å². The van der Waals surface area contributed by atoms with Crippen molar-refractivity contribution < 1.29 is 19.2 Å². The molecule has 6 heteroatoms. The zero-order chi connectivity index (χ0) is 19.3. The van der Waals surface area contributed by atoms with Gasteiger partial charge in [0.15, 0.2) is 5.78 Å². The zero-order valence-electron chi connectivity index (χ0n) is 15.6. The number of piperidine rings is 1. The summed E-state index contributed by atoms with van der Waals surface area (Å²) in [5, 5.41) is 2.68. The molecule has 2 unspecified atom stereocenters. The van der Waals surface area contributed by atoms with Crippen LogP contribution in [-0.2, 0) is 14.4 Å². The molecular weight excluding hydrogens is 332 g/mol. The average Bonchev–Trinajstić information content (AvgIpc) is 2.76. The molecule has 0 radical (unpaired) electrons. The van der Waals surface area contributed by atoms with Gasteiger partial charge < -0.3 is 5.32 Å². The highest BCUT2D eigenvalue weighted by atomic mass is 16.2. The highest BCUT2D eigenvalue weighted by Crippen LogP contribution is 2.59. The van der Waals surface area contributed by atoms with Crippen molar-refractivity contribution >= 4 is 29.2 Å². The summed E-state index contributed by atoms with van der Waals surface area (Å²) in [5.41, 5.74) is 0.0635. The molecule has 2 atom stereocenters. The van der Waals surface area contributed by atoms with Gasteiger partial charge in [-0.25, -0.2) is 0 Å². The molecule has 1 saturated carbocycles. The van der Waals surface area contributed by atoms with Gasteiger partial charge in [0.05, 0.1) is 5.41 Å². The second kappa shape index (κ2) is 6.04. The number of likely N-dealkylation sites (tertiary alicyclic amines) is 1. The monoisotopic (exact) mass is 356 g/mol. The summed E-state index contributed by atoms with van der Waals surface area (Å²) in [6, 6.07) is 6.50. The van der Waals surface area contributed by atoms with Gasteiger partial charge in [-0.3, -0.25) is 24.1 Å². The summed E-state index contributed by atoms with van der Waals surface area (Å²) in [6.45, 7) is 7.02. The van der Waals surface area contributed by atoms with E-state index in [2.05, 4.69) is 5.32 Å². The average molecular weight is 356 g/mol. The van der Waals surface area contributed by atoms with E-state index in [1.165, 1.54) is 6.92 Å². The van der Waals surface area contributed by atoms with Crippen LogP contribution in [-0.4, -0.2) is 34.9 Å². The smallest absolute Gasteiger partial charge is 0.244 e. The van der Waals surface area contributed by atoms with Gasteiger partial charge in [-0.05, 0) is 49.4 Å². The largest absolute Gasteiger partial charge is 0.325 e. The quantitative estimate of drug-likeness (QED) is 0.664. The first-order valence-corrected chi connectivity index (χ1v) is 8.84. The molecule has 6 nitrogen and oxygen atoms in total. The number of carbonyl (C=O) groups excluding carboxylic acids is 4. The van der Waals surface area contributed by atoms with E-state index < -0.39 is 16.7 Å². The SMILES string of the molecule is CC(=O)c1ccc(NC(=O)CN2C(=O)C3CCC(C)(C2=O)C3(C)C)cc1. The van der Waals surface area contributed by atoms with Crippen LogP contribution in [0, 0.1) is 16.7 Å². The molecular formula is C20H24N2O4. The Balaban J connectivity index is 1.72. The lowest BCUT2D eigenvalue weighted by molar-refractivity contribution is -0.168. The summed E-state index contributed by atoms with van der Waals surface area (Å²) in [5.74, 6) is -1.23. The van der Waals surface area contributed by atoms with E-state index >= 15 is 0 Å². The van der Waals surface area contributed by atoms with E-state index in [1.54, 1.807) is 24.3 Å². The van der Waals surface area contributed by atoms with Crippen LogP contribution in [0.15, 0.2) is 24.3 Å². The maximum Gasteiger partial charge on any atom is 0.244 e. The Morgan fingerprint density at radius 3 is 2.35 bits per heavy atom. The fourth-order valence-corrected chi connectivity index (χ4v) is 4.18. The minimum atomic E-state index is -0.616. The Labute approximate surface area is 152 Å². The van der Waals surface area contributed by atoms with Gasteiger partial charge in [0.25, 0.3) is 0 Å². The van der Waals surface area contributed by atoms with Crippen LogP contribution in [0.2, 0.25) is 0 Å². The third-order valence-electron chi connectivity index (χ3n) is 6.38. The normalized spacial score (nSPS) is 26.8. The summed E-state index contributed by atoms with van der Waals surface area (Å²) in [6.07, 6.45) is 1.35. The molecule has 2 aliphatic rings. The van der Waals surface area contributed by atoms with E-state index in [0.29, 0.717) is 24.1 Å². The van der Waals surface area contributed by atoms with Crippen LogP contribution >= 0.6 is 0 Å². The summed E-state index contributed by atoms with van der Waals surface area (Å²) in [4.78, 5) is 50.4. The molecule has 0 aromatic heterocycles. The highest BCUT2D eigenvalue weighted by Gasteiger charge is 2.64. The van der Waals surface area contributed by atoms with E-state index in [9.17, 15) is 19.2 Å². The van der Waals surface area contributed by atoms with Crippen molar-refractivity contribution in [2.45, 2.75) is 40.5 Å². The first-order valence-electron chi connectivity index (χ1n) is 8.84. The Morgan fingerprint density at radius 2 is 1.77 bits per heavy atom. The molecule has 1 aromatic carbocycles. The molecule has 26 heavy (non-hydrogen) atoms. The van der Waals surface area contributed by atoms with Gasteiger partial charge in [-0.15, -0.1) is 0 Å².